The topological polar surface area (TPSA) is 55.9 Å². The molecule has 0 saturated carbocycles. The van der Waals surface area contributed by atoms with Gasteiger partial charge in [-0.05, 0) is 26.3 Å². The number of halogens is 1. The number of hydrogen-bond donors (Lipinski definition) is 1. The van der Waals surface area contributed by atoms with Crippen molar-refractivity contribution in [3.8, 4) is 0 Å². The van der Waals surface area contributed by atoms with Crippen molar-refractivity contribution in [3.63, 3.8) is 0 Å². The summed E-state index contributed by atoms with van der Waals surface area (Å²) in [5, 5.41) is 3.23. The van der Waals surface area contributed by atoms with Crippen LogP contribution in [-0.2, 0) is 9.59 Å². The molecule has 21 heavy (non-hydrogen) atoms. The largest absolute Gasteiger partial charge is 0.342 e. The summed E-state index contributed by atoms with van der Waals surface area (Å²) in [6.07, 6.45) is 3.44. The number of carbonyl (C=O) groups excluding carboxylic acids is 2. The van der Waals surface area contributed by atoms with Gasteiger partial charge in [0.25, 0.3) is 0 Å². The van der Waals surface area contributed by atoms with Crippen molar-refractivity contribution in [2.75, 3.05) is 59.4 Å². The molecule has 0 unspecified atom stereocenters. The van der Waals surface area contributed by atoms with E-state index in [9.17, 15) is 9.59 Å². The van der Waals surface area contributed by atoms with Crippen molar-refractivity contribution < 1.29 is 9.59 Å². The predicted octanol–water partition coefficient (Wildman–Crippen LogP) is -0.216. The number of hydrogen-bond acceptors (Lipinski definition) is 4. The number of nitrogens with one attached hydrogen (secondary N) is 1. The maximum absolute atomic E-state index is 12.1. The van der Waals surface area contributed by atoms with Crippen molar-refractivity contribution in [3.05, 3.63) is 0 Å². The SMILES string of the molecule is CN(CC(=O)N1CCCCC1)CC(=O)N1CCNCC1.Cl. The third-order valence-corrected chi connectivity index (χ3v) is 3.99. The average Bonchev–Trinajstić information content (AvgIpc) is 2.49. The van der Waals surface area contributed by atoms with Crippen molar-refractivity contribution >= 4 is 24.2 Å². The summed E-state index contributed by atoms with van der Waals surface area (Å²) in [7, 11) is 1.85. The minimum atomic E-state index is 0. The Kier molecular flexibility index (Phi) is 8.00. The molecule has 0 spiro atoms. The summed E-state index contributed by atoms with van der Waals surface area (Å²) >= 11 is 0. The van der Waals surface area contributed by atoms with Gasteiger partial charge in [0.1, 0.15) is 0 Å². The first kappa shape index (κ1) is 18.2. The van der Waals surface area contributed by atoms with E-state index in [4.69, 9.17) is 0 Å². The summed E-state index contributed by atoms with van der Waals surface area (Å²) in [5.74, 6) is 0.278. The fourth-order valence-electron chi connectivity index (χ4n) is 2.78. The van der Waals surface area contributed by atoms with Crippen LogP contribution in [0.15, 0.2) is 0 Å². The van der Waals surface area contributed by atoms with E-state index in [0.717, 1.165) is 52.1 Å². The second-order valence-electron chi connectivity index (χ2n) is 5.74. The Morgan fingerprint density at radius 3 is 1.90 bits per heavy atom. The van der Waals surface area contributed by atoms with Crippen LogP contribution in [-0.4, -0.2) is 85.9 Å². The van der Waals surface area contributed by atoms with E-state index in [1.165, 1.54) is 6.42 Å². The van der Waals surface area contributed by atoms with Crippen LogP contribution in [0.2, 0.25) is 0 Å². The highest BCUT2D eigenvalue weighted by atomic mass is 35.5. The van der Waals surface area contributed by atoms with Gasteiger partial charge < -0.3 is 15.1 Å². The van der Waals surface area contributed by atoms with Crippen LogP contribution in [0.3, 0.4) is 0 Å². The molecule has 122 valence electrons. The lowest BCUT2D eigenvalue weighted by molar-refractivity contribution is -0.135. The number of carbonyl (C=O) groups is 2. The summed E-state index contributed by atoms with van der Waals surface area (Å²) in [4.78, 5) is 29.8. The van der Waals surface area contributed by atoms with Crippen LogP contribution in [0.1, 0.15) is 19.3 Å². The van der Waals surface area contributed by atoms with Gasteiger partial charge in [0.15, 0.2) is 0 Å². The maximum atomic E-state index is 12.1. The van der Waals surface area contributed by atoms with Crippen LogP contribution >= 0.6 is 12.4 Å². The molecular formula is C14H27ClN4O2. The van der Waals surface area contributed by atoms with Gasteiger partial charge in [-0.15, -0.1) is 12.4 Å². The molecule has 2 aliphatic rings. The first-order valence-electron chi connectivity index (χ1n) is 7.61. The summed E-state index contributed by atoms with van der Waals surface area (Å²) in [6, 6.07) is 0. The highest BCUT2D eigenvalue weighted by Crippen LogP contribution is 2.09. The maximum Gasteiger partial charge on any atom is 0.236 e. The minimum Gasteiger partial charge on any atom is -0.342 e. The molecule has 0 bridgehead atoms. The number of amides is 2. The van der Waals surface area contributed by atoms with Crippen LogP contribution < -0.4 is 5.32 Å². The molecule has 2 saturated heterocycles. The molecule has 2 fully saturated rings. The number of likely N-dealkylation sites (tertiary alicyclic amines) is 1. The standard InChI is InChI=1S/C14H26N4O2.ClH/c1-16(11-13(19)17-7-3-2-4-8-17)12-14(20)18-9-5-15-6-10-18;/h15H,2-12H2,1H3;1H. The molecule has 7 heteroatoms. The fraction of sp³-hybridized carbons (Fsp3) is 0.857. The normalized spacial score (nSPS) is 19.3. The van der Waals surface area contributed by atoms with E-state index >= 15 is 0 Å². The van der Waals surface area contributed by atoms with E-state index < -0.39 is 0 Å². The number of rotatable bonds is 4. The third-order valence-electron chi connectivity index (χ3n) is 3.99. The average molecular weight is 319 g/mol. The highest BCUT2D eigenvalue weighted by molar-refractivity contribution is 5.85. The Balaban J connectivity index is 0.00000220. The van der Waals surface area contributed by atoms with Crippen LogP contribution in [0, 0.1) is 0 Å². The van der Waals surface area contributed by atoms with Crippen LogP contribution in [0.4, 0.5) is 0 Å². The Hall–Kier alpha value is -0.850. The molecule has 1 N–H and O–H groups in total. The molecule has 0 aromatic rings. The van der Waals surface area contributed by atoms with E-state index in [2.05, 4.69) is 5.32 Å². The van der Waals surface area contributed by atoms with Crippen molar-refractivity contribution in [1.29, 1.82) is 0 Å². The van der Waals surface area contributed by atoms with Gasteiger partial charge in [0.05, 0.1) is 13.1 Å². The van der Waals surface area contributed by atoms with E-state index in [-0.39, 0.29) is 24.2 Å². The molecule has 0 radical (unpaired) electrons. The summed E-state index contributed by atoms with van der Waals surface area (Å²) < 4.78 is 0. The Labute approximate surface area is 133 Å². The zero-order chi connectivity index (χ0) is 14.4. The van der Waals surface area contributed by atoms with Gasteiger partial charge in [0.2, 0.25) is 11.8 Å². The molecule has 2 aliphatic heterocycles. The molecule has 6 nitrogen and oxygen atoms in total. The number of piperazine rings is 1. The third kappa shape index (κ3) is 5.80. The van der Waals surface area contributed by atoms with Crippen molar-refractivity contribution in [2.24, 2.45) is 0 Å². The zero-order valence-electron chi connectivity index (χ0n) is 12.8. The molecular weight excluding hydrogens is 292 g/mol. The van der Waals surface area contributed by atoms with Gasteiger partial charge in [0, 0.05) is 39.3 Å². The van der Waals surface area contributed by atoms with E-state index in [1.54, 1.807) is 0 Å². The summed E-state index contributed by atoms with van der Waals surface area (Å²) in [5.41, 5.74) is 0. The first-order chi connectivity index (χ1) is 9.66. The van der Waals surface area contributed by atoms with Crippen LogP contribution in [0.5, 0.6) is 0 Å². The zero-order valence-corrected chi connectivity index (χ0v) is 13.7. The van der Waals surface area contributed by atoms with Crippen molar-refractivity contribution in [2.45, 2.75) is 19.3 Å². The second-order valence-corrected chi connectivity index (χ2v) is 5.74. The smallest absolute Gasteiger partial charge is 0.236 e. The predicted molar refractivity (Wildman–Crippen MR) is 84.6 cm³/mol. The van der Waals surface area contributed by atoms with Gasteiger partial charge in [-0.2, -0.15) is 0 Å². The number of piperidine rings is 1. The Bertz CT molecular complexity index is 310. The van der Waals surface area contributed by atoms with Crippen molar-refractivity contribution in [1.82, 2.24) is 20.0 Å². The monoisotopic (exact) mass is 318 g/mol. The molecule has 2 rings (SSSR count). The first-order valence-corrected chi connectivity index (χ1v) is 7.61. The minimum absolute atomic E-state index is 0. The van der Waals surface area contributed by atoms with Crippen LogP contribution in [0.25, 0.3) is 0 Å². The Morgan fingerprint density at radius 1 is 0.905 bits per heavy atom. The van der Waals surface area contributed by atoms with Gasteiger partial charge in [-0.3, -0.25) is 14.5 Å². The molecule has 2 amide bonds. The lowest BCUT2D eigenvalue weighted by Gasteiger charge is -2.31. The molecule has 2 heterocycles. The van der Waals surface area contributed by atoms with Gasteiger partial charge >= 0.3 is 0 Å². The summed E-state index contributed by atoms with van der Waals surface area (Å²) in [6.45, 7) is 5.69. The fourth-order valence-corrected chi connectivity index (χ4v) is 2.78. The molecule has 0 aromatic heterocycles. The number of nitrogens with zero attached hydrogens (tertiary/aromatic N) is 3. The lowest BCUT2D eigenvalue weighted by atomic mass is 10.1. The number of likely N-dealkylation sites (N-methyl/N-ethyl adjacent to an activating group) is 1. The lowest BCUT2D eigenvalue weighted by Crippen LogP contribution is -2.50. The van der Waals surface area contributed by atoms with E-state index in [1.807, 2.05) is 21.7 Å². The van der Waals surface area contributed by atoms with Gasteiger partial charge in [-0.1, -0.05) is 0 Å². The molecule has 0 atom stereocenters. The quantitative estimate of drug-likeness (QED) is 0.779. The van der Waals surface area contributed by atoms with E-state index in [0.29, 0.717) is 13.1 Å². The highest BCUT2D eigenvalue weighted by Gasteiger charge is 2.21. The molecule has 0 aromatic carbocycles. The molecule has 0 aliphatic carbocycles. The second kappa shape index (κ2) is 9.23. The Morgan fingerprint density at radius 2 is 1.38 bits per heavy atom. The van der Waals surface area contributed by atoms with Gasteiger partial charge in [-0.25, -0.2) is 0 Å².